The van der Waals surface area contributed by atoms with E-state index in [2.05, 4.69) is 38.1 Å². The minimum atomic E-state index is 0.364. The molecule has 1 aliphatic carbocycles. The average Bonchev–Trinajstić information content (AvgIpc) is 2.51. The fourth-order valence-corrected chi connectivity index (χ4v) is 3.85. The third-order valence-corrected chi connectivity index (χ3v) is 5.31. The minimum absolute atomic E-state index is 0.364. The lowest BCUT2D eigenvalue weighted by Crippen LogP contribution is -2.38. The van der Waals surface area contributed by atoms with Crippen LogP contribution < -0.4 is 5.73 Å². The number of hydrogen-bond acceptors (Lipinski definition) is 1. The summed E-state index contributed by atoms with van der Waals surface area (Å²) in [5, 5.41) is 0. The van der Waals surface area contributed by atoms with Crippen LogP contribution in [0.15, 0.2) is 24.3 Å². The van der Waals surface area contributed by atoms with E-state index in [1.165, 1.54) is 51.4 Å². The Labute approximate surface area is 125 Å². The van der Waals surface area contributed by atoms with E-state index in [9.17, 15) is 0 Å². The zero-order chi connectivity index (χ0) is 14.4. The van der Waals surface area contributed by atoms with E-state index >= 15 is 0 Å². The van der Waals surface area contributed by atoms with E-state index in [0.717, 1.165) is 12.5 Å². The molecule has 1 nitrogen and oxygen atoms in total. The SMILES string of the molecule is CCCCC(CC)CC1(CN)CCc2ccccc2C1. The summed E-state index contributed by atoms with van der Waals surface area (Å²) in [5.74, 6) is 0.865. The molecule has 0 saturated carbocycles. The summed E-state index contributed by atoms with van der Waals surface area (Å²) in [7, 11) is 0. The molecular formula is C19H31N. The van der Waals surface area contributed by atoms with Crippen LogP contribution in [-0.4, -0.2) is 6.54 Å². The second-order valence-corrected chi connectivity index (χ2v) is 6.77. The number of fused-ring (bicyclic) bond motifs is 1. The molecule has 0 saturated heterocycles. The number of aryl methyl sites for hydroxylation is 1. The zero-order valence-electron chi connectivity index (χ0n) is 13.3. The van der Waals surface area contributed by atoms with E-state index in [1.54, 1.807) is 11.1 Å². The Balaban J connectivity index is 2.07. The predicted molar refractivity (Wildman–Crippen MR) is 87.9 cm³/mol. The van der Waals surface area contributed by atoms with Crippen LogP contribution in [0.1, 0.15) is 63.5 Å². The van der Waals surface area contributed by atoms with E-state index in [1.807, 2.05) is 0 Å². The zero-order valence-corrected chi connectivity index (χ0v) is 13.3. The normalized spacial score (nSPS) is 23.4. The molecule has 1 aromatic rings. The molecule has 112 valence electrons. The molecule has 0 aromatic heterocycles. The van der Waals surface area contributed by atoms with Crippen LogP contribution in [0.2, 0.25) is 0 Å². The summed E-state index contributed by atoms with van der Waals surface area (Å²) in [6.45, 7) is 5.49. The van der Waals surface area contributed by atoms with Crippen molar-refractivity contribution >= 4 is 0 Å². The molecule has 2 unspecified atom stereocenters. The van der Waals surface area contributed by atoms with Gasteiger partial charge in [0.15, 0.2) is 0 Å². The van der Waals surface area contributed by atoms with Gasteiger partial charge < -0.3 is 5.73 Å². The Morgan fingerprint density at radius 3 is 2.60 bits per heavy atom. The number of rotatable bonds is 7. The number of benzene rings is 1. The van der Waals surface area contributed by atoms with Crippen molar-refractivity contribution in [2.45, 2.75) is 65.2 Å². The van der Waals surface area contributed by atoms with Crippen molar-refractivity contribution in [3.05, 3.63) is 35.4 Å². The Bertz CT molecular complexity index is 412. The highest BCUT2D eigenvalue weighted by atomic mass is 14.6. The molecule has 0 radical (unpaired) electrons. The lowest BCUT2D eigenvalue weighted by atomic mass is 9.66. The first-order valence-electron chi connectivity index (χ1n) is 8.50. The average molecular weight is 273 g/mol. The molecule has 0 aliphatic heterocycles. The summed E-state index contributed by atoms with van der Waals surface area (Å²) >= 11 is 0. The Hall–Kier alpha value is -0.820. The molecule has 0 amide bonds. The van der Waals surface area contributed by atoms with Gasteiger partial charge in [-0.05, 0) is 54.7 Å². The van der Waals surface area contributed by atoms with Crippen LogP contribution in [0.4, 0.5) is 0 Å². The fourth-order valence-electron chi connectivity index (χ4n) is 3.85. The summed E-state index contributed by atoms with van der Waals surface area (Å²) in [6.07, 6.45) is 10.4. The smallest absolute Gasteiger partial charge is 0.00171 e. The van der Waals surface area contributed by atoms with Gasteiger partial charge in [0.1, 0.15) is 0 Å². The molecule has 2 N–H and O–H groups in total. The van der Waals surface area contributed by atoms with Gasteiger partial charge in [-0.2, -0.15) is 0 Å². The largest absolute Gasteiger partial charge is 0.330 e. The Kier molecular flexibility index (Phi) is 5.65. The summed E-state index contributed by atoms with van der Waals surface area (Å²) < 4.78 is 0. The first-order valence-corrected chi connectivity index (χ1v) is 8.50. The van der Waals surface area contributed by atoms with Crippen molar-refractivity contribution in [3.8, 4) is 0 Å². The molecule has 2 atom stereocenters. The van der Waals surface area contributed by atoms with Crippen molar-refractivity contribution in [3.63, 3.8) is 0 Å². The quantitative estimate of drug-likeness (QED) is 0.764. The fraction of sp³-hybridized carbons (Fsp3) is 0.684. The summed E-state index contributed by atoms with van der Waals surface area (Å²) in [4.78, 5) is 0. The highest BCUT2D eigenvalue weighted by Crippen LogP contribution is 2.41. The third kappa shape index (κ3) is 3.63. The van der Waals surface area contributed by atoms with E-state index in [4.69, 9.17) is 5.73 Å². The number of nitrogens with two attached hydrogens (primary N) is 1. The monoisotopic (exact) mass is 273 g/mol. The highest BCUT2D eigenvalue weighted by molar-refractivity contribution is 5.31. The minimum Gasteiger partial charge on any atom is -0.330 e. The molecule has 1 heteroatoms. The van der Waals surface area contributed by atoms with Crippen LogP contribution >= 0.6 is 0 Å². The molecule has 0 fully saturated rings. The topological polar surface area (TPSA) is 26.0 Å². The second-order valence-electron chi connectivity index (χ2n) is 6.77. The first kappa shape index (κ1) is 15.6. The van der Waals surface area contributed by atoms with Gasteiger partial charge in [-0.1, -0.05) is 63.8 Å². The van der Waals surface area contributed by atoms with Crippen molar-refractivity contribution in [2.75, 3.05) is 6.54 Å². The Morgan fingerprint density at radius 2 is 1.95 bits per heavy atom. The molecular weight excluding hydrogens is 242 g/mol. The van der Waals surface area contributed by atoms with Crippen LogP contribution in [0, 0.1) is 11.3 Å². The van der Waals surface area contributed by atoms with Gasteiger partial charge in [0.25, 0.3) is 0 Å². The maximum atomic E-state index is 6.23. The van der Waals surface area contributed by atoms with Gasteiger partial charge >= 0.3 is 0 Å². The molecule has 0 spiro atoms. The van der Waals surface area contributed by atoms with Crippen molar-refractivity contribution in [1.29, 1.82) is 0 Å². The van der Waals surface area contributed by atoms with Gasteiger partial charge in [-0.25, -0.2) is 0 Å². The maximum Gasteiger partial charge on any atom is -0.00171 e. The second kappa shape index (κ2) is 7.26. The van der Waals surface area contributed by atoms with Gasteiger partial charge in [-0.3, -0.25) is 0 Å². The van der Waals surface area contributed by atoms with Crippen molar-refractivity contribution in [2.24, 2.45) is 17.1 Å². The number of unbranched alkanes of at least 4 members (excludes halogenated alkanes) is 1. The lowest BCUT2D eigenvalue weighted by molar-refractivity contribution is 0.182. The van der Waals surface area contributed by atoms with Gasteiger partial charge in [0.2, 0.25) is 0 Å². The standard InChI is InChI=1S/C19H31N/c1-3-5-8-16(4-2)13-19(15-20)12-11-17-9-6-7-10-18(17)14-19/h6-7,9-10,16H,3-5,8,11-15,20H2,1-2H3. The first-order chi connectivity index (χ1) is 9.73. The van der Waals surface area contributed by atoms with Gasteiger partial charge in [-0.15, -0.1) is 0 Å². The van der Waals surface area contributed by atoms with Crippen LogP contribution in [0.25, 0.3) is 0 Å². The van der Waals surface area contributed by atoms with E-state index in [-0.39, 0.29) is 0 Å². The molecule has 1 aromatic carbocycles. The molecule has 0 heterocycles. The lowest BCUT2D eigenvalue weighted by Gasteiger charge is -2.40. The predicted octanol–water partition coefficient (Wildman–Crippen LogP) is 4.73. The highest BCUT2D eigenvalue weighted by Gasteiger charge is 2.34. The number of hydrogen-bond donors (Lipinski definition) is 1. The van der Waals surface area contributed by atoms with Crippen LogP contribution in [-0.2, 0) is 12.8 Å². The molecule has 20 heavy (non-hydrogen) atoms. The van der Waals surface area contributed by atoms with Crippen LogP contribution in [0.3, 0.4) is 0 Å². The Morgan fingerprint density at radius 1 is 1.20 bits per heavy atom. The van der Waals surface area contributed by atoms with E-state index < -0.39 is 0 Å². The molecule has 1 aliphatic rings. The third-order valence-electron chi connectivity index (χ3n) is 5.31. The van der Waals surface area contributed by atoms with Gasteiger partial charge in [0, 0.05) is 0 Å². The summed E-state index contributed by atoms with van der Waals surface area (Å²) in [6, 6.07) is 8.96. The van der Waals surface area contributed by atoms with Crippen LogP contribution in [0.5, 0.6) is 0 Å². The maximum absolute atomic E-state index is 6.23. The van der Waals surface area contributed by atoms with Gasteiger partial charge in [0.05, 0.1) is 0 Å². The molecule has 2 rings (SSSR count). The van der Waals surface area contributed by atoms with E-state index in [0.29, 0.717) is 5.41 Å². The summed E-state index contributed by atoms with van der Waals surface area (Å²) in [5.41, 5.74) is 9.70. The molecule has 0 bridgehead atoms. The van der Waals surface area contributed by atoms with Crippen molar-refractivity contribution in [1.82, 2.24) is 0 Å². The van der Waals surface area contributed by atoms with Crippen molar-refractivity contribution < 1.29 is 0 Å².